The summed E-state index contributed by atoms with van der Waals surface area (Å²) < 4.78 is 0. The number of carbonyl (C=O) groups excluding carboxylic acids is 1. The summed E-state index contributed by atoms with van der Waals surface area (Å²) in [6.07, 6.45) is 0.328. The Morgan fingerprint density at radius 3 is 2.39 bits per heavy atom. The van der Waals surface area contributed by atoms with Crippen molar-refractivity contribution in [1.29, 1.82) is 5.26 Å². The van der Waals surface area contributed by atoms with Crippen molar-refractivity contribution in [3.8, 4) is 6.07 Å². The van der Waals surface area contributed by atoms with E-state index in [0.717, 1.165) is 21.7 Å². The van der Waals surface area contributed by atoms with E-state index >= 15 is 0 Å². The molecule has 0 aliphatic carbocycles. The Morgan fingerprint density at radius 2 is 1.78 bits per heavy atom. The molecule has 0 spiro atoms. The van der Waals surface area contributed by atoms with E-state index in [2.05, 4.69) is 12.1 Å². The molecule has 0 saturated heterocycles. The summed E-state index contributed by atoms with van der Waals surface area (Å²) in [6.45, 7) is 4.46. The van der Waals surface area contributed by atoms with Gasteiger partial charge in [0.25, 0.3) is 0 Å². The molecule has 0 fully saturated rings. The molecule has 2 rings (SSSR count). The number of anilines is 1. The van der Waals surface area contributed by atoms with Gasteiger partial charge in [0, 0.05) is 17.1 Å². The van der Waals surface area contributed by atoms with Gasteiger partial charge in [0.15, 0.2) is 0 Å². The molecule has 0 N–H and O–H groups in total. The Bertz CT molecular complexity index is 687. The molecular formula is C19H20N2OS. The summed E-state index contributed by atoms with van der Waals surface area (Å²) in [7, 11) is 0. The van der Waals surface area contributed by atoms with Crippen molar-refractivity contribution < 1.29 is 4.79 Å². The number of nitrogens with zero attached hydrogens (tertiary/aromatic N) is 2. The van der Waals surface area contributed by atoms with Gasteiger partial charge in [-0.15, -0.1) is 11.8 Å². The van der Waals surface area contributed by atoms with E-state index in [-0.39, 0.29) is 5.91 Å². The van der Waals surface area contributed by atoms with Crippen molar-refractivity contribution in [1.82, 2.24) is 0 Å². The molecule has 0 heterocycles. The van der Waals surface area contributed by atoms with Crippen LogP contribution in [0.15, 0.2) is 53.4 Å². The number of thioether (sulfide) groups is 1. The van der Waals surface area contributed by atoms with Gasteiger partial charge in [-0.1, -0.05) is 24.3 Å². The van der Waals surface area contributed by atoms with Crippen LogP contribution in [0.25, 0.3) is 0 Å². The monoisotopic (exact) mass is 324 g/mol. The summed E-state index contributed by atoms with van der Waals surface area (Å²) in [4.78, 5) is 15.4. The Morgan fingerprint density at radius 1 is 1.13 bits per heavy atom. The predicted octanol–water partition coefficient (Wildman–Crippen LogP) is 4.34. The minimum Gasteiger partial charge on any atom is -0.311 e. The highest BCUT2D eigenvalue weighted by molar-refractivity contribution is 8.00. The number of hydrogen-bond donors (Lipinski definition) is 0. The first-order valence-corrected chi connectivity index (χ1v) is 8.52. The molecule has 0 radical (unpaired) electrons. The summed E-state index contributed by atoms with van der Waals surface area (Å²) >= 11 is 1.52. The molecule has 1 amide bonds. The zero-order valence-corrected chi connectivity index (χ0v) is 14.3. The molecule has 0 atom stereocenters. The van der Waals surface area contributed by atoms with Gasteiger partial charge < -0.3 is 4.90 Å². The highest BCUT2D eigenvalue weighted by Gasteiger charge is 2.16. The number of hydrogen-bond acceptors (Lipinski definition) is 3. The van der Waals surface area contributed by atoms with Crippen LogP contribution < -0.4 is 4.90 Å². The second-order valence-electron chi connectivity index (χ2n) is 5.40. The average Bonchev–Trinajstić information content (AvgIpc) is 2.53. The van der Waals surface area contributed by atoms with E-state index in [0.29, 0.717) is 18.7 Å². The lowest BCUT2D eigenvalue weighted by atomic mass is 10.1. The van der Waals surface area contributed by atoms with Crippen molar-refractivity contribution >= 4 is 23.4 Å². The smallest absolute Gasteiger partial charge is 0.237 e. The number of nitriles is 1. The van der Waals surface area contributed by atoms with E-state index in [4.69, 9.17) is 5.26 Å². The van der Waals surface area contributed by atoms with Gasteiger partial charge in [0.2, 0.25) is 5.91 Å². The van der Waals surface area contributed by atoms with Gasteiger partial charge in [-0.05, 0) is 49.2 Å². The fourth-order valence-electron chi connectivity index (χ4n) is 2.41. The van der Waals surface area contributed by atoms with Crippen LogP contribution in [0.5, 0.6) is 0 Å². The first kappa shape index (κ1) is 17.1. The third-order valence-corrected chi connectivity index (χ3v) is 4.37. The maximum Gasteiger partial charge on any atom is 0.237 e. The number of benzene rings is 2. The Labute approximate surface area is 141 Å². The fourth-order valence-corrected chi connectivity index (χ4v) is 3.20. The third kappa shape index (κ3) is 5.15. The lowest BCUT2D eigenvalue weighted by Crippen LogP contribution is -2.33. The van der Waals surface area contributed by atoms with Gasteiger partial charge in [-0.3, -0.25) is 4.79 Å². The van der Waals surface area contributed by atoms with Crippen LogP contribution in [0.2, 0.25) is 0 Å². The molecule has 2 aromatic rings. The van der Waals surface area contributed by atoms with Crippen LogP contribution in [-0.4, -0.2) is 18.2 Å². The maximum atomic E-state index is 12.6. The highest BCUT2D eigenvalue weighted by Crippen LogP contribution is 2.22. The van der Waals surface area contributed by atoms with E-state index < -0.39 is 0 Å². The lowest BCUT2D eigenvalue weighted by molar-refractivity contribution is -0.116. The average molecular weight is 324 g/mol. The minimum atomic E-state index is 0.0269. The van der Waals surface area contributed by atoms with Crippen LogP contribution >= 0.6 is 11.8 Å². The number of amides is 1. The summed E-state index contributed by atoms with van der Waals surface area (Å²) in [5, 5.41) is 8.87. The fraction of sp³-hybridized carbons (Fsp3) is 0.263. The van der Waals surface area contributed by atoms with Crippen molar-refractivity contribution in [2.24, 2.45) is 0 Å². The summed E-state index contributed by atoms with van der Waals surface area (Å²) in [5.41, 5.74) is 3.10. The number of carbonyl (C=O) groups is 1. The van der Waals surface area contributed by atoms with Gasteiger partial charge in [-0.25, -0.2) is 0 Å². The molecule has 0 aliphatic rings. The molecule has 2 aromatic carbocycles. The van der Waals surface area contributed by atoms with Crippen LogP contribution in [0.4, 0.5) is 5.69 Å². The van der Waals surface area contributed by atoms with Gasteiger partial charge in [0.05, 0.1) is 18.2 Å². The predicted molar refractivity (Wildman–Crippen MR) is 95.7 cm³/mol. The quantitative estimate of drug-likeness (QED) is 0.742. The molecule has 0 aliphatic heterocycles. The standard InChI is InChI=1S/C19H20N2OS/c1-15-11-16(2)13-17(12-15)21(10-6-9-20)19(22)14-23-18-7-4-3-5-8-18/h3-5,7-8,11-13H,6,10,14H2,1-2H3. The van der Waals surface area contributed by atoms with Gasteiger partial charge >= 0.3 is 0 Å². The SMILES string of the molecule is Cc1cc(C)cc(N(CCC#N)C(=O)CSc2ccccc2)c1. The molecule has 3 nitrogen and oxygen atoms in total. The molecule has 0 bridgehead atoms. The van der Waals surface area contributed by atoms with Crippen molar-refractivity contribution in [2.45, 2.75) is 25.2 Å². The Balaban J connectivity index is 2.13. The second kappa shape index (κ2) is 8.40. The second-order valence-corrected chi connectivity index (χ2v) is 6.45. The van der Waals surface area contributed by atoms with Crippen molar-refractivity contribution in [3.63, 3.8) is 0 Å². The minimum absolute atomic E-state index is 0.0269. The Hall–Kier alpha value is -2.25. The maximum absolute atomic E-state index is 12.6. The number of rotatable bonds is 6. The molecule has 0 saturated carbocycles. The van der Waals surface area contributed by atoms with E-state index in [9.17, 15) is 4.79 Å². The van der Waals surface area contributed by atoms with Crippen LogP contribution in [0.3, 0.4) is 0 Å². The highest BCUT2D eigenvalue weighted by atomic mass is 32.2. The van der Waals surface area contributed by atoms with Crippen LogP contribution in [-0.2, 0) is 4.79 Å². The molecule has 0 aromatic heterocycles. The van der Waals surface area contributed by atoms with Gasteiger partial charge in [-0.2, -0.15) is 5.26 Å². The first-order chi connectivity index (χ1) is 11.1. The molecule has 118 valence electrons. The molecule has 23 heavy (non-hydrogen) atoms. The molecule has 0 unspecified atom stereocenters. The molecular weight excluding hydrogens is 304 g/mol. The zero-order chi connectivity index (χ0) is 16.7. The van der Waals surface area contributed by atoms with Crippen LogP contribution in [0, 0.1) is 25.2 Å². The summed E-state index contributed by atoms with van der Waals surface area (Å²) in [5.74, 6) is 0.390. The van der Waals surface area contributed by atoms with E-state index in [1.807, 2.05) is 56.3 Å². The first-order valence-electron chi connectivity index (χ1n) is 7.53. The van der Waals surface area contributed by atoms with E-state index in [1.165, 1.54) is 11.8 Å². The van der Waals surface area contributed by atoms with Gasteiger partial charge in [0.1, 0.15) is 0 Å². The summed E-state index contributed by atoms with van der Waals surface area (Å²) in [6, 6.07) is 18.1. The largest absolute Gasteiger partial charge is 0.311 e. The molecule has 4 heteroatoms. The Kier molecular flexibility index (Phi) is 6.25. The van der Waals surface area contributed by atoms with Crippen LogP contribution in [0.1, 0.15) is 17.5 Å². The topological polar surface area (TPSA) is 44.1 Å². The van der Waals surface area contributed by atoms with Crippen molar-refractivity contribution in [3.05, 3.63) is 59.7 Å². The van der Waals surface area contributed by atoms with Crippen molar-refractivity contribution in [2.75, 3.05) is 17.2 Å². The zero-order valence-electron chi connectivity index (χ0n) is 13.5. The number of aryl methyl sites for hydroxylation is 2. The lowest BCUT2D eigenvalue weighted by Gasteiger charge is -2.22. The normalized spacial score (nSPS) is 10.1. The third-order valence-electron chi connectivity index (χ3n) is 3.37. The van der Waals surface area contributed by atoms with E-state index in [1.54, 1.807) is 4.90 Å².